The zero-order chi connectivity index (χ0) is 24.7. The van der Waals surface area contributed by atoms with Crippen LogP contribution in [0.1, 0.15) is 49.6 Å². The van der Waals surface area contributed by atoms with Gasteiger partial charge in [-0.1, -0.05) is 36.4 Å². The third-order valence-electron chi connectivity index (χ3n) is 6.75. The lowest BCUT2D eigenvalue weighted by Crippen LogP contribution is -2.41. The van der Waals surface area contributed by atoms with Crippen molar-refractivity contribution in [2.75, 3.05) is 26.3 Å². The Morgan fingerprint density at radius 3 is 2.75 bits per heavy atom. The summed E-state index contributed by atoms with van der Waals surface area (Å²) in [5, 5.41) is 10.5. The second kappa shape index (κ2) is 11.9. The van der Waals surface area contributed by atoms with Gasteiger partial charge in [-0.2, -0.15) is 0 Å². The second-order valence-electron chi connectivity index (χ2n) is 9.33. The van der Waals surface area contributed by atoms with E-state index in [2.05, 4.69) is 50.3 Å². The maximum absolute atomic E-state index is 6.17. The number of aryl methyl sites for hydroxylation is 1. The molecule has 2 fully saturated rings. The van der Waals surface area contributed by atoms with E-state index in [1.807, 2.05) is 48.3 Å². The van der Waals surface area contributed by atoms with Crippen LogP contribution in [-0.4, -0.2) is 62.2 Å². The van der Waals surface area contributed by atoms with Crippen LogP contribution in [0, 0.1) is 18.8 Å². The normalized spacial score (nSPS) is 17.5. The number of nitrogens with zero attached hydrogens (tertiary/aromatic N) is 5. The first-order valence-electron chi connectivity index (χ1n) is 12.8. The quantitative estimate of drug-likeness (QED) is 0.435. The van der Waals surface area contributed by atoms with Crippen LogP contribution in [0.3, 0.4) is 0 Å². The Labute approximate surface area is 217 Å². The highest BCUT2D eigenvalue weighted by molar-refractivity contribution is 7.99. The summed E-state index contributed by atoms with van der Waals surface area (Å²) in [4.78, 5) is 6.67. The maximum atomic E-state index is 6.17. The number of rotatable bonds is 7. The Kier molecular flexibility index (Phi) is 8.22. The van der Waals surface area contributed by atoms with Gasteiger partial charge in [0.25, 0.3) is 0 Å². The molecule has 0 radical (unpaired) electrons. The number of aromatic nitrogens is 4. The lowest BCUT2D eigenvalue weighted by Gasteiger charge is -2.29. The van der Waals surface area contributed by atoms with Gasteiger partial charge in [-0.05, 0) is 62.6 Å². The van der Waals surface area contributed by atoms with Crippen molar-refractivity contribution in [3.8, 4) is 23.3 Å². The minimum absolute atomic E-state index is 0.208. The van der Waals surface area contributed by atoms with Gasteiger partial charge in [0, 0.05) is 30.1 Å². The number of benzene rings is 1. The molecule has 1 unspecified atom stereocenters. The van der Waals surface area contributed by atoms with Gasteiger partial charge in [0.1, 0.15) is 12.4 Å². The van der Waals surface area contributed by atoms with E-state index in [1.54, 1.807) is 6.20 Å². The summed E-state index contributed by atoms with van der Waals surface area (Å²) >= 11 is 1.82. The van der Waals surface area contributed by atoms with E-state index in [0.717, 1.165) is 59.8 Å². The molecule has 0 bridgehead atoms. The molecule has 1 aliphatic carbocycles. The first-order valence-corrected chi connectivity index (χ1v) is 13.6. The molecule has 0 N–H and O–H groups in total. The van der Waals surface area contributed by atoms with Crippen LogP contribution < -0.4 is 4.74 Å². The van der Waals surface area contributed by atoms with Crippen molar-refractivity contribution < 1.29 is 9.47 Å². The van der Waals surface area contributed by atoms with Crippen molar-refractivity contribution in [2.45, 2.75) is 62.6 Å². The van der Waals surface area contributed by atoms with Crippen molar-refractivity contribution >= 4 is 11.8 Å². The van der Waals surface area contributed by atoms with Gasteiger partial charge < -0.3 is 9.47 Å². The van der Waals surface area contributed by atoms with Crippen LogP contribution in [0.15, 0.2) is 47.9 Å². The fraction of sp³-hybridized carbons (Fsp3) is 0.464. The Bertz CT molecular complexity index is 1210. The van der Waals surface area contributed by atoms with Crippen LogP contribution in [0.25, 0.3) is 5.69 Å². The van der Waals surface area contributed by atoms with Gasteiger partial charge in [0.05, 0.1) is 31.1 Å². The van der Waals surface area contributed by atoms with E-state index < -0.39 is 0 Å². The van der Waals surface area contributed by atoms with E-state index in [1.165, 1.54) is 25.7 Å². The summed E-state index contributed by atoms with van der Waals surface area (Å²) in [5.74, 6) is 8.31. The average Bonchev–Trinajstić information content (AvgIpc) is 3.58. The van der Waals surface area contributed by atoms with E-state index in [0.29, 0.717) is 11.9 Å². The fourth-order valence-corrected chi connectivity index (χ4v) is 5.89. The third kappa shape index (κ3) is 6.09. The molecule has 0 amide bonds. The zero-order valence-corrected chi connectivity index (χ0v) is 21.8. The lowest BCUT2D eigenvalue weighted by atomic mass is 10.1. The smallest absolute Gasteiger partial charge is 0.196 e. The molecule has 1 atom stereocenters. The van der Waals surface area contributed by atoms with Crippen LogP contribution in [0.2, 0.25) is 0 Å². The topological polar surface area (TPSA) is 65.3 Å². The molecule has 1 saturated heterocycles. The highest BCUT2D eigenvalue weighted by atomic mass is 32.2. The van der Waals surface area contributed by atoms with Gasteiger partial charge in [0.2, 0.25) is 0 Å². The number of hydrogen-bond donors (Lipinski definition) is 0. The minimum Gasteiger partial charge on any atom is -0.486 e. The van der Waals surface area contributed by atoms with Crippen molar-refractivity contribution in [1.29, 1.82) is 0 Å². The summed E-state index contributed by atoms with van der Waals surface area (Å²) in [6, 6.07) is 10.2. The first-order chi connectivity index (χ1) is 17.7. The maximum Gasteiger partial charge on any atom is 0.196 e. The summed E-state index contributed by atoms with van der Waals surface area (Å²) < 4.78 is 13.7. The molecule has 7 nitrogen and oxygen atoms in total. The van der Waals surface area contributed by atoms with Crippen molar-refractivity contribution in [3.63, 3.8) is 0 Å². The SMILES string of the molecule is Cc1cc(OCc2nnc(SC3CCCC3)n2-c2cccnc2)ccc1C#CC(C)N1CCOCC1. The molecule has 0 spiro atoms. The van der Waals surface area contributed by atoms with Gasteiger partial charge >= 0.3 is 0 Å². The van der Waals surface area contributed by atoms with E-state index in [9.17, 15) is 0 Å². The van der Waals surface area contributed by atoms with E-state index >= 15 is 0 Å². The van der Waals surface area contributed by atoms with Crippen molar-refractivity contribution in [1.82, 2.24) is 24.6 Å². The second-order valence-corrected chi connectivity index (χ2v) is 10.6. The van der Waals surface area contributed by atoms with Gasteiger partial charge in [-0.15, -0.1) is 10.2 Å². The molecular weight excluding hydrogens is 470 g/mol. The molecule has 1 aliphatic heterocycles. The number of pyridine rings is 1. The molecule has 2 aliphatic rings. The highest BCUT2D eigenvalue weighted by Crippen LogP contribution is 2.35. The summed E-state index contributed by atoms with van der Waals surface area (Å²) in [6.07, 6.45) is 8.68. The van der Waals surface area contributed by atoms with Crippen LogP contribution in [-0.2, 0) is 11.3 Å². The molecule has 1 saturated carbocycles. The largest absolute Gasteiger partial charge is 0.486 e. The first kappa shape index (κ1) is 24.8. The van der Waals surface area contributed by atoms with E-state index in [4.69, 9.17) is 9.47 Å². The molecule has 36 heavy (non-hydrogen) atoms. The van der Waals surface area contributed by atoms with E-state index in [-0.39, 0.29) is 6.04 Å². The number of hydrogen-bond acceptors (Lipinski definition) is 7. The Morgan fingerprint density at radius 1 is 1.17 bits per heavy atom. The minimum atomic E-state index is 0.208. The Morgan fingerprint density at radius 2 is 2.00 bits per heavy atom. The molecule has 2 aromatic heterocycles. The Balaban J connectivity index is 1.28. The number of morpholine rings is 1. The number of thioether (sulfide) groups is 1. The third-order valence-corrected chi connectivity index (χ3v) is 8.03. The average molecular weight is 504 g/mol. The van der Waals surface area contributed by atoms with Crippen LogP contribution >= 0.6 is 11.8 Å². The zero-order valence-electron chi connectivity index (χ0n) is 21.0. The summed E-state index contributed by atoms with van der Waals surface area (Å²) in [5.41, 5.74) is 3.08. The molecule has 188 valence electrons. The summed E-state index contributed by atoms with van der Waals surface area (Å²) in [6.45, 7) is 8.00. The van der Waals surface area contributed by atoms with Gasteiger partial charge in [0.15, 0.2) is 11.0 Å². The molecule has 1 aromatic carbocycles. The fourth-order valence-electron chi connectivity index (χ4n) is 4.62. The molecule has 3 heterocycles. The predicted molar refractivity (Wildman–Crippen MR) is 142 cm³/mol. The van der Waals surface area contributed by atoms with Crippen LogP contribution in [0.4, 0.5) is 0 Å². The highest BCUT2D eigenvalue weighted by Gasteiger charge is 2.22. The van der Waals surface area contributed by atoms with Gasteiger partial charge in [-0.3, -0.25) is 14.5 Å². The summed E-state index contributed by atoms with van der Waals surface area (Å²) in [7, 11) is 0. The van der Waals surface area contributed by atoms with Crippen molar-refractivity contribution in [3.05, 3.63) is 59.7 Å². The Hall–Kier alpha value is -2.86. The van der Waals surface area contributed by atoms with Crippen molar-refractivity contribution in [2.24, 2.45) is 0 Å². The molecular formula is C28H33N5O2S. The van der Waals surface area contributed by atoms with Gasteiger partial charge in [-0.25, -0.2) is 0 Å². The number of ether oxygens (including phenoxy) is 2. The van der Waals surface area contributed by atoms with Crippen LogP contribution in [0.5, 0.6) is 5.75 Å². The standard InChI is InChI=1S/C28H33N5O2S/c1-21-18-25(12-11-23(21)10-9-22(2)32-14-16-34-17-15-32)35-20-27-30-31-28(36-26-7-3-4-8-26)33(27)24-6-5-13-29-19-24/h5-6,11-13,18-19,22,26H,3-4,7-8,14-17,20H2,1-2H3. The molecule has 3 aromatic rings. The predicted octanol–water partition coefficient (Wildman–Crippen LogP) is 4.66. The lowest BCUT2D eigenvalue weighted by molar-refractivity contribution is 0.0302. The molecule has 8 heteroatoms. The molecule has 5 rings (SSSR count). The monoisotopic (exact) mass is 503 g/mol.